The number of nitrogens with one attached hydrogen (secondary N) is 1. The van der Waals surface area contributed by atoms with E-state index in [1.165, 1.54) is 25.7 Å². The van der Waals surface area contributed by atoms with Crippen LogP contribution in [0.3, 0.4) is 0 Å². The van der Waals surface area contributed by atoms with Crippen LogP contribution in [0.15, 0.2) is 12.1 Å². The molecule has 2 rings (SSSR count). The molecule has 1 aliphatic carbocycles. The molecule has 1 saturated carbocycles. The van der Waals surface area contributed by atoms with E-state index in [-0.39, 0.29) is 0 Å². The van der Waals surface area contributed by atoms with E-state index < -0.39 is 0 Å². The summed E-state index contributed by atoms with van der Waals surface area (Å²) in [6, 6.07) is 4.24. The Labute approximate surface area is 120 Å². The van der Waals surface area contributed by atoms with Crippen molar-refractivity contribution in [3.63, 3.8) is 0 Å². The van der Waals surface area contributed by atoms with Crippen LogP contribution in [0.4, 0.5) is 5.69 Å². The Kier molecular flexibility index (Phi) is 4.81. The van der Waals surface area contributed by atoms with Crippen molar-refractivity contribution in [2.75, 3.05) is 19.5 Å². The number of ether oxygens (including phenoxy) is 2. The fourth-order valence-corrected chi connectivity index (χ4v) is 3.13. The van der Waals surface area contributed by atoms with Gasteiger partial charge in [-0.2, -0.15) is 0 Å². The van der Waals surface area contributed by atoms with E-state index in [1.807, 2.05) is 12.1 Å². The summed E-state index contributed by atoms with van der Waals surface area (Å²) in [6.45, 7) is 2.25. The van der Waals surface area contributed by atoms with Gasteiger partial charge in [-0.15, -0.1) is 0 Å². The van der Waals surface area contributed by atoms with Gasteiger partial charge in [0.15, 0.2) is 0 Å². The first kappa shape index (κ1) is 14.3. The van der Waals surface area contributed by atoms with Gasteiger partial charge in [-0.05, 0) is 24.8 Å². The van der Waals surface area contributed by atoms with Gasteiger partial charge in [0, 0.05) is 12.1 Å². The maximum atomic E-state index is 6.19. The molecule has 2 atom stereocenters. The zero-order valence-corrected chi connectivity index (χ0v) is 12.6. The average Bonchev–Trinajstić information content (AvgIpc) is 2.86. The number of anilines is 1. The molecule has 19 heavy (non-hydrogen) atoms. The Balaban J connectivity index is 2.21. The summed E-state index contributed by atoms with van der Waals surface area (Å²) in [6.07, 6.45) is 5.03. The summed E-state index contributed by atoms with van der Waals surface area (Å²) < 4.78 is 10.6. The third-order valence-electron chi connectivity index (χ3n) is 4.00. The second kappa shape index (κ2) is 6.38. The Bertz CT molecular complexity index is 436. The molecular formula is C15H22ClNO2. The van der Waals surface area contributed by atoms with E-state index in [1.54, 1.807) is 14.2 Å². The van der Waals surface area contributed by atoms with Crippen LogP contribution < -0.4 is 14.8 Å². The van der Waals surface area contributed by atoms with Gasteiger partial charge in [-0.25, -0.2) is 0 Å². The predicted molar refractivity (Wildman–Crippen MR) is 79.6 cm³/mol. The molecule has 106 valence electrons. The van der Waals surface area contributed by atoms with E-state index in [9.17, 15) is 0 Å². The molecule has 0 radical (unpaired) electrons. The maximum absolute atomic E-state index is 6.19. The lowest BCUT2D eigenvalue weighted by atomic mass is 10.0. The lowest BCUT2D eigenvalue weighted by molar-refractivity contribution is 0.394. The number of hydrogen-bond acceptors (Lipinski definition) is 3. The molecule has 0 bridgehead atoms. The van der Waals surface area contributed by atoms with Crippen molar-refractivity contribution >= 4 is 17.3 Å². The average molecular weight is 284 g/mol. The Morgan fingerprint density at radius 1 is 1.21 bits per heavy atom. The number of hydrogen-bond donors (Lipinski definition) is 1. The van der Waals surface area contributed by atoms with Crippen molar-refractivity contribution in [1.29, 1.82) is 0 Å². The molecule has 1 aromatic carbocycles. The minimum absolute atomic E-state index is 0.517. The second-order valence-electron chi connectivity index (χ2n) is 5.04. The van der Waals surface area contributed by atoms with Gasteiger partial charge in [0.25, 0.3) is 0 Å². The molecule has 0 aromatic heterocycles. The molecule has 1 fully saturated rings. The first-order valence-electron chi connectivity index (χ1n) is 6.87. The molecule has 1 N–H and O–H groups in total. The van der Waals surface area contributed by atoms with Gasteiger partial charge in [-0.1, -0.05) is 31.4 Å². The largest absolute Gasteiger partial charge is 0.495 e. The standard InChI is InChI=1S/C15H22ClNO2/c1-4-10-6-5-7-12(10)17-13-8-11(16)14(18-2)9-15(13)19-3/h8-10,12,17H,4-7H2,1-3H3. The monoisotopic (exact) mass is 283 g/mol. The molecular weight excluding hydrogens is 262 g/mol. The second-order valence-corrected chi connectivity index (χ2v) is 5.44. The summed E-state index contributed by atoms with van der Waals surface area (Å²) in [4.78, 5) is 0. The summed E-state index contributed by atoms with van der Waals surface area (Å²) in [5.41, 5.74) is 0.957. The zero-order valence-electron chi connectivity index (χ0n) is 11.8. The van der Waals surface area contributed by atoms with Crippen molar-refractivity contribution < 1.29 is 9.47 Å². The van der Waals surface area contributed by atoms with Gasteiger partial charge in [-0.3, -0.25) is 0 Å². The van der Waals surface area contributed by atoms with Gasteiger partial charge < -0.3 is 14.8 Å². The van der Waals surface area contributed by atoms with Gasteiger partial charge >= 0.3 is 0 Å². The summed E-state index contributed by atoms with van der Waals surface area (Å²) >= 11 is 6.19. The lowest BCUT2D eigenvalue weighted by Crippen LogP contribution is -2.23. The fraction of sp³-hybridized carbons (Fsp3) is 0.600. The third kappa shape index (κ3) is 3.08. The zero-order chi connectivity index (χ0) is 13.8. The molecule has 3 nitrogen and oxygen atoms in total. The smallest absolute Gasteiger partial charge is 0.145 e. The minimum Gasteiger partial charge on any atom is -0.495 e. The van der Waals surface area contributed by atoms with Crippen LogP contribution in [0.5, 0.6) is 11.5 Å². The van der Waals surface area contributed by atoms with Crippen LogP contribution in [0.25, 0.3) is 0 Å². The molecule has 0 heterocycles. The number of halogens is 1. The fourth-order valence-electron chi connectivity index (χ4n) is 2.89. The Morgan fingerprint density at radius 3 is 2.58 bits per heavy atom. The first-order chi connectivity index (χ1) is 9.19. The van der Waals surface area contributed by atoms with E-state index in [2.05, 4.69) is 12.2 Å². The van der Waals surface area contributed by atoms with Crippen LogP contribution in [-0.4, -0.2) is 20.3 Å². The van der Waals surface area contributed by atoms with Gasteiger partial charge in [0.1, 0.15) is 11.5 Å². The van der Waals surface area contributed by atoms with Crippen molar-refractivity contribution in [3.8, 4) is 11.5 Å². The normalized spacial score (nSPS) is 22.3. The number of methoxy groups -OCH3 is 2. The van der Waals surface area contributed by atoms with Crippen molar-refractivity contribution in [3.05, 3.63) is 17.2 Å². The SMILES string of the molecule is CCC1CCCC1Nc1cc(Cl)c(OC)cc1OC. The molecule has 0 aliphatic heterocycles. The highest BCUT2D eigenvalue weighted by Crippen LogP contribution is 2.38. The Hall–Kier alpha value is -1.09. The number of rotatable bonds is 5. The molecule has 4 heteroatoms. The number of benzene rings is 1. The highest BCUT2D eigenvalue weighted by atomic mass is 35.5. The summed E-state index contributed by atoms with van der Waals surface area (Å²) in [7, 11) is 3.28. The molecule has 0 amide bonds. The predicted octanol–water partition coefficient (Wildman–Crippen LogP) is 4.35. The topological polar surface area (TPSA) is 30.5 Å². The molecule has 0 spiro atoms. The van der Waals surface area contributed by atoms with Gasteiger partial charge in [0.2, 0.25) is 0 Å². The third-order valence-corrected chi connectivity index (χ3v) is 4.29. The highest BCUT2D eigenvalue weighted by molar-refractivity contribution is 6.32. The van der Waals surface area contributed by atoms with Crippen LogP contribution in [-0.2, 0) is 0 Å². The maximum Gasteiger partial charge on any atom is 0.145 e. The van der Waals surface area contributed by atoms with Crippen LogP contribution in [0.2, 0.25) is 5.02 Å². The molecule has 1 aliphatic rings. The quantitative estimate of drug-likeness (QED) is 0.871. The Morgan fingerprint density at radius 2 is 1.95 bits per heavy atom. The summed E-state index contributed by atoms with van der Waals surface area (Å²) in [5, 5.41) is 4.20. The van der Waals surface area contributed by atoms with E-state index >= 15 is 0 Å². The highest BCUT2D eigenvalue weighted by Gasteiger charge is 2.26. The van der Waals surface area contributed by atoms with Crippen LogP contribution >= 0.6 is 11.6 Å². The molecule has 1 aromatic rings. The lowest BCUT2D eigenvalue weighted by Gasteiger charge is -2.22. The first-order valence-corrected chi connectivity index (χ1v) is 7.25. The van der Waals surface area contributed by atoms with E-state index in [0.29, 0.717) is 16.8 Å². The molecule has 2 unspecified atom stereocenters. The van der Waals surface area contributed by atoms with Gasteiger partial charge in [0.05, 0.1) is 24.9 Å². The van der Waals surface area contributed by atoms with E-state index in [0.717, 1.165) is 17.4 Å². The molecule has 0 saturated heterocycles. The van der Waals surface area contributed by atoms with Crippen LogP contribution in [0.1, 0.15) is 32.6 Å². The van der Waals surface area contributed by atoms with Crippen molar-refractivity contribution in [2.24, 2.45) is 5.92 Å². The summed E-state index contributed by atoms with van der Waals surface area (Å²) in [5.74, 6) is 2.16. The van der Waals surface area contributed by atoms with Crippen LogP contribution in [0, 0.1) is 5.92 Å². The van der Waals surface area contributed by atoms with Crippen molar-refractivity contribution in [1.82, 2.24) is 0 Å². The van der Waals surface area contributed by atoms with Crippen molar-refractivity contribution in [2.45, 2.75) is 38.6 Å². The van der Waals surface area contributed by atoms with E-state index in [4.69, 9.17) is 21.1 Å². The minimum atomic E-state index is 0.517.